The van der Waals surface area contributed by atoms with Crippen LogP contribution in [0.2, 0.25) is 0 Å². The fraction of sp³-hybridized carbons (Fsp3) is 0.333. The number of halogens is 1. The molecule has 0 fully saturated rings. The summed E-state index contributed by atoms with van der Waals surface area (Å²) in [5.41, 5.74) is 0.608. The van der Waals surface area contributed by atoms with Crippen LogP contribution in [0.1, 0.15) is 18.9 Å². The van der Waals surface area contributed by atoms with E-state index in [1.54, 1.807) is 13.1 Å². The molecule has 0 aromatic carbocycles. The van der Waals surface area contributed by atoms with E-state index in [9.17, 15) is 9.90 Å². The Labute approximate surface area is 109 Å². The smallest absolute Gasteiger partial charge is 0.279 e. The second kappa shape index (κ2) is 4.86. The number of aromatic hydroxyl groups is 1. The molecular weight excluding hydrogens is 254 g/mol. The van der Waals surface area contributed by atoms with Crippen molar-refractivity contribution in [2.75, 3.05) is 0 Å². The van der Waals surface area contributed by atoms with Gasteiger partial charge in [-0.2, -0.15) is 4.09 Å². The number of rotatable bonds is 3. The van der Waals surface area contributed by atoms with Crippen molar-refractivity contribution in [3.8, 4) is 17.3 Å². The molecule has 0 aliphatic rings. The first-order chi connectivity index (χ1) is 8.56. The zero-order valence-electron chi connectivity index (χ0n) is 10.2. The van der Waals surface area contributed by atoms with Crippen LogP contribution in [0, 0.1) is 6.92 Å². The Hall–Kier alpha value is -1.75. The first-order valence-corrected chi connectivity index (χ1v) is 6.03. The summed E-state index contributed by atoms with van der Waals surface area (Å²) in [6.07, 6.45) is 4.41. The molecule has 0 spiro atoms. The van der Waals surface area contributed by atoms with E-state index in [1.807, 2.05) is 17.7 Å². The first kappa shape index (κ1) is 12.7. The predicted octanol–water partition coefficient (Wildman–Crippen LogP) is 2.14. The molecule has 18 heavy (non-hydrogen) atoms. The van der Waals surface area contributed by atoms with Gasteiger partial charge < -0.3 is 9.67 Å². The van der Waals surface area contributed by atoms with Crippen molar-refractivity contribution in [1.82, 2.24) is 13.6 Å². The molecule has 0 bridgehead atoms. The van der Waals surface area contributed by atoms with Crippen molar-refractivity contribution in [2.24, 2.45) is 0 Å². The van der Waals surface area contributed by atoms with Crippen LogP contribution < -0.4 is 5.56 Å². The lowest BCUT2D eigenvalue weighted by Crippen LogP contribution is -2.18. The highest BCUT2D eigenvalue weighted by atomic mass is 35.5. The van der Waals surface area contributed by atoms with Gasteiger partial charge in [0.25, 0.3) is 5.56 Å². The number of hydrogen-bond acceptors (Lipinski definition) is 3. The van der Waals surface area contributed by atoms with E-state index >= 15 is 0 Å². The monoisotopic (exact) mass is 267 g/mol. The van der Waals surface area contributed by atoms with Gasteiger partial charge in [-0.25, -0.2) is 4.98 Å². The van der Waals surface area contributed by atoms with Gasteiger partial charge in [-0.05, 0) is 18.9 Å². The van der Waals surface area contributed by atoms with E-state index in [1.165, 1.54) is 6.07 Å². The number of aromatic nitrogens is 3. The van der Waals surface area contributed by atoms with Crippen LogP contribution in [0.5, 0.6) is 5.88 Å². The summed E-state index contributed by atoms with van der Waals surface area (Å²) in [5, 5.41) is 9.48. The molecule has 1 N–H and O–H groups in total. The van der Waals surface area contributed by atoms with Crippen LogP contribution in [0.25, 0.3) is 11.4 Å². The minimum Gasteiger partial charge on any atom is -0.494 e. The summed E-state index contributed by atoms with van der Waals surface area (Å²) in [4.78, 5) is 16.3. The Morgan fingerprint density at radius 2 is 2.22 bits per heavy atom. The molecule has 2 aromatic rings. The van der Waals surface area contributed by atoms with Gasteiger partial charge in [0, 0.05) is 36.8 Å². The number of nitrogens with zero attached hydrogens (tertiary/aromatic N) is 3. The van der Waals surface area contributed by atoms with Gasteiger partial charge in [0.05, 0.1) is 5.56 Å². The van der Waals surface area contributed by atoms with E-state index in [4.69, 9.17) is 11.8 Å². The van der Waals surface area contributed by atoms with Crippen molar-refractivity contribution >= 4 is 11.8 Å². The number of aryl methyl sites for hydroxylation is 2. The lowest BCUT2D eigenvalue weighted by molar-refractivity contribution is 0.443. The number of hydrogen-bond donors (Lipinski definition) is 1. The van der Waals surface area contributed by atoms with E-state index in [0.717, 1.165) is 13.0 Å². The SMILES string of the molecule is CCCn1ccnc1-c1c(C)cc(O)n(Cl)c1=O. The molecule has 0 saturated carbocycles. The molecule has 2 rings (SSSR count). The summed E-state index contributed by atoms with van der Waals surface area (Å²) in [5.74, 6) is 0.310. The second-order valence-electron chi connectivity index (χ2n) is 4.09. The molecule has 0 saturated heterocycles. The third-order valence-corrected chi connectivity index (χ3v) is 3.06. The van der Waals surface area contributed by atoms with Crippen LogP contribution in [-0.4, -0.2) is 18.7 Å². The molecule has 0 aliphatic carbocycles. The maximum Gasteiger partial charge on any atom is 0.279 e. The van der Waals surface area contributed by atoms with Crippen molar-refractivity contribution < 1.29 is 5.11 Å². The molecule has 2 aromatic heterocycles. The summed E-state index contributed by atoms with van der Waals surface area (Å²) in [6, 6.07) is 1.45. The summed E-state index contributed by atoms with van der Waals surface area (Å²) >= 11 is 5.72. The Morgan fingerprint density at radius 3 is 2.89 bits per heavy atom. The molecule has 96 valence electrons. The molecule has 6 heteroatoms. The van der Waals surface area contributed by atoms with E-state index in [2.05, 4.69) is 4.98 Å². The van der Waals surface area contributed by atoms with E-state index < -0.39 is 5.56 Å². The quantitative estimate of drug-likeness (QED) is 0.927. The third kappa shape index (κ3) is 2.01. The first-order valence-electron chi connectivity index (χ1n) is 5.69. The minimum atomic E-state index is -0.460. The van der Waals surface area contributed by atoms with Crippen LogP contribution in [0.15, 0.2) is 23.3 Å². The zero-order valence-corrected chi connectivity index (χ0v) is 11.0. The molecule has 0 amide bonds. The highest BCUT2D eigenvalue weighted by Gasteiger charge is 2.16. The van der Waals surface area contributed by atoms with Gasteiger partial charge in [-0.15, -0.1) is 0 Å². The van der Waals surface area contributed by atoms with Crippen molar-refractivity contribution in [3.05, 3.63) is 34.4 Å². The van der Waals surface area contributed by atoms with Crippen molar-refractivity contribution in [3.63, 3.8) is 0 Å². The van der Waals surface area contributed by atoms with Crippen molar-refractivity contribution in [1.29, 1.82) is 0 Å². The fourth-order valence-corrected chi connectivity index (χ4v) is 2.06. The van der Waals surface area contributed by atoms with Gasteiger partial charge in [0.2, 0.25) is 5.88 Å². The molecule has 0 aliphatic heterocycles. The van der Waals surface area contributed by atoms with Gasteiger partial charge >= 0.3 is 0 Å². The molecule has 5 nitrogen and oxygen atoms in total. The summed E-state index contributed by atoms with van der Waals surface area (Å²) in [6.45, 7) is 4.57. The Morgan fingerprint density at radius 1 is 1.50 bits per heavy atom. The maximum absolute atomic E-state index is 12.1. The normalized spacial score (nSPS) is 10.8. The molecule has 0 unspecified atom stereocenters. The predicted molar refractivity (Wildman–Crippen MR) is 69.9 cm³/mol. The molecule has 2 heterocycles. The molecule has 0 radical (unpaired) electrons. The van der Waals surface area contributed by atoms with E-state index in [-0.39, 0.29) is 5.88 Å². The van der Waals surface area contributed by atoms with Gasteiger partial charge in [-0.1, -0.05) is 6.92 Å². The third-order valence-electron chi connectivity index (χ3n) is 2.74. The Balaban J connectivity index is 2.68. The lowest BCUT2D eigenvalue weighted by Gasteiger charge is -2.10. The summed E-state index contributed by atoms with van der Waals surface area (Å²) < 4.78 is 2.60. The highest BCUT2D eigenvalue weighted by Crippen LogP contribution is 2.22. The topological polar surface area (TPSA) is 60.0 Å². The average Bonchev–Trinajstić information content (AvgIpc) is 2.75. The minimum absolute atomic E-state index is 0.267. The molecular formula is C12H14ClN3O2. The van der Waals surface area contributed by atoms with Crippen LogP contribution in [0.3, 0.4) is 0 Å². The van der Waals surface area contributed by atoms with E-state index in [0.29, 0.717) is 21.0 Å². The molecule has 0 atom stereocenters. The average molecular weight is 268 g/mol. The Bertz CT molecular complexity index is 631. The fourth-order valence-electron chi connectivity index (χ4n) is 1.92. The summed E-state index contributed by atoms with van der Waals surface area (Å²) in [7, 11) is 0. The largest absolute Gasteiger partial charge is 0.494 e. The number of imidazole rings is 1. The lowest BCUT2D eigenvalue weighted by atomic mass is 10.1. The number of pyridine rings is 1. The maximum atomic E-state index is 12.1. The second-order valence-corrected chi connectivity index (χ2v) is 4.43. The van der Waals surface area contributed by atoms with Crippen LogP contribution in [0.4, 0.5) is 0 Å². The van der Waals surface area contributed by atoms with Gasteiger partial charge in [0.1, 0.15) is 5.82 Å². The standard InChI is InChI=1S/C12H14ClN3O2/c1-3-5-15-6-4-14-11(15)10-8(2)7-9(17)16(13)12(10)18/h4,6-7,17H,3,5H2,1-2H3. The van der Waals surface area contributed by atoms with Gasteiger partial charge in [0.15, 0.2) is 0 Å². The Kier molecular flexibility index (Phi) is 3.43. The van der Waals surface area contributed by atoms with Crippen LogP contribution in [-0.2, 0) is 6.54 Å². The van der Waals surface area contributed by atoms with Crippen LogP contribution >= 0.6 is 11.8 Å². The highest BCUT2D eigenvalue weighted by molar-refractivity contribution is 6.16. The zero-order chi connectivity index (χ0) is 13.3. The van der Waals surface area contributed by atoms with Crippen molar-refractivity contribution in [2.45, 2.75) is 26.8 Å². The van der Waals surface area contributed by atoms with Gasteiger partial charge in [-0.3, -0.25) is 4.79 Å².